The van der Waals surface area contributed by atoms with Gasteiger partial charge < -0.3 is 16.6 Å². The van der Waals surface area contributed by atoms with Crippen molar-refractivity contribution in [2.24, 2.45) is 17.4 Å². The molecular formula is C18H19N3O4S. The summed E-state index contributed by atoms with van der Waals surface area (Å²) in [6.07, 6.45) is 1.43. The average molecular weight is 373 g/mol. The van der Waals surface area contributed by atoms with Gasteiger partial charge in [-0.2, -0.15) is 0 Å². The molecule has 1 aromatic heterocycles. The van der Waals surface area contributed by atoms with Crippen LogP contribution in [0.25, 0.3) is 10.4 Å². The summed E-state index contributed by atoms with van der Waals surface area (Å²) in [4.78, 5) is 33.5. The SMILES string of the molecule is N=C(N)c1ccc(-c2ccc3c(c2)CCC(CC(=O)O)C3=O)s1.NC=O. The van der Waals surface area contributed by atoms with Gasteiger partial charge >= 0.3 is 5.97 Å². The Bertz CT molecular complexity index is 860. The quantitative estimate of drug-likeness (QED) is 0.368. The number of rotatable bonds is 4. The lowest BCUT2D eigenvalue weighted by molar-refractivity contribution is -0.137. The zero-order valence-corrected chi connectivity index (χ0v) is 14.7. The number of fused-ring (bicyclic) bond motifs is 1. The summed E-state index contributed by atoms with van der Waals surface area (Å²) in [6.45, 7) is 0. The predicted molar refractivity (Wildman–Crippen MR) is 99.4 cm³/mol. The first-order valence-corrected chi connectivity index (χ1v) is 8.68. The van der Waals surface area contributed by atoms with E-state index in [4.69, 9.17) is 21.0 Å². The Kier molecular flexibility index (Phi) is 6.24. The van der Waals surface area contributed by atoms with Gasteiger partial charge in [-0.25, -0.2) is 0 Å². The maximum Gasteiger partial charge on any atom is 0.304 e. The lowest BCUT2D eigenvalue weighted by atomic mass is 9.80. The van der Waals surface area contributed by atoms with Crippen molar-refractivity contribution in [2.75, 3.05) is 0 Å². The van der Waals surface area contributed by atoms with E-state index in [0.717, 1.165) is 20.9 Å². The van der Waals surface area contributed by atoms with Crippen LogP contribution in [-0.2, 0) is 16.0 Å². The smallest absolute Gasteiger partial charge is 0.304 e. The molecule has 26 heavy (non-hydrogen) atoms. The van der Waals surface area contributed by atoms with E-state index in [2.05, 4.69) is 5.73 Å². The van der Waals surface area contributed by atoms with Gasteiger partial charge in [0.05, 0.1) is 11.3 Å². The molecule has 2 aromatic rings. The minimum atomic E-state index is -0.932. The second-order valence-corrected chi connectivity index (χ2v) is 6.87. The van der Waals surface area contributed by atoms with Crippen LogP contribution in [-0.4, -0.2) is 29.1 Å². The zero-order chi connectivity index (χ0) is 19.3. The summed E-state index contributed by atoms with van der Waals surface area (Å²) in [5.41, 5.74) is 12.2. The van der Waals surface area contributed by atoms with Crippen molar-refractivity contribution in [3.8, 4) is 10.4 Å². The third-order valence-electron chi connectivity index (χ3n) is 4.08. The molecule has 136 valence electrons. The molecule has 1 heterocycles. The first-order valence-electron chi connectivity index (χ1n) is 7.86. The predicted octanol–water partition coefficient (Wildman–Crippen LogP) is 2.02. The number of carboxylic acid groups (broad SMARTS) is 1. The second-order valence-electron chi connectivity index (χ2n) is 5.78. The number of amidine groups is 1. The molecule has 3 rings (SSSR count). The number of Topliss-reactive ketones (excluding diaryl/α,β-unsaturated/α-hetero) is 1. The van der Waals surface area contributed by atoms with Crippen LogP contribution in [0.2, 0.25) is 0 Å². The molecule has 1 unspecified atom stereocenters. The van der Waals surface area contributed by atoms with Gasteiger partial charge in [0.2, 0.25) is 6.41 Å². The lowest BCUT2D eigenvalue weighted by Gasteiger charge is -2.22. The molecule has 0 fully saturated rings. The number of nitrogen functional groups attached to an aromatic ring is 1. The number of hydrogen-bond donors (Lipinski definition) is 4. The van der Waals surface area contributed by atoms with Crippen LogP contribution in [0.4, 0.5) is 0 Å². The number of hydrogen-bond acceptors (Lipinski definition) is 5. The molecule has 0 spiro atoms. The number of nitrogens with two attached hydrogens (primary N) is 2. The Labute approximate surface area is 154 Å². The van der Waals surface area contributed by atoms with Crippen molar-refractivity contribution in [1.82, 2.24) is 0 Å². The molecule has 0 saturated carbocycles. The molecule has 0 aliphatic heterocycles. The fourth-order valence-corrected chi connectivity index (χ4v) is 3.78. The van der Waals surface area contributed by atoms with E-state index in [-0.39, 0.29) is 24.4 Å². The highest BCUT2D eigenvalue weighted by Crippen LogP contribution is 2.33. The summed E-state index contributed by atoms with van der Waals surface area (Å²) in [6, 6.07) is 9.38. The Balaban J connectivity index is 0.000000758. The molecule has 0 saturated heterocycles. The minimum Gasteiger partial charge on any atom is -0.481 e. The van der Waals surface area contributed by atoms with E-state index >= 15 is 0 Å². The Morgan fingerprint density at radius 2 is 2.04 bits per heavy atom. The van der Waals surface area contributed by atoms with Gasteiger partial charge in [-0.05, 0) is 42.2 Å². The molecule has 1 aliphatic carbocycles. The van der Waals surface area contributed by atoms with Crippen molar-refractivity contribution in [3.05, 3.63) is 46.3 Å². The van der Waals surface area contributed by atoms with Crippen LogP contribution >= 0.6 is 11.3 Å². The fourth-order valence-electron chi connectivity index (χ4n) is 2.92. The number of aliphatic carboxylic acids is 1. The number of carboxylic acids is 1. The molecule has 8 heteroatoms. The van der Waals surface area contributed by atoms with Gasteiger partial charge in [-0.1, -0.05) is 12.1 Å². The average Bonchev–Trinajstić information content (AvgIpc) is 3.08. The van der Waals surface area contributed by atoms with E-state index in [9.17, 15) is 9.59 Å². The summed E-state index contributed by atoms with van der Waals surface area (Å²) in [7, 11) is 0. The summed E-state index contributed by atoms with van der Waals surface area (Å²) >= 11 is 1.44. The van der Waals surface area contributed by atoms with Crippen LogP contribution in [0.5, 0.6) is 0 Å². The molecule has 1 aliphatic rings. The Hall–Kier alpha value is -3.00. The van der Waals surface area contributed by atoms with Crippen molar-refractivity contribution >= 4 is 35.3 Å². The van der Waals surface area contributed by atoms with Gasteiger partial charge in [0.25, 0.3) is 0 Å². The van der Waals surface area contributed by atoms with Crippen molar-refractivity contribution in [3.63, 3.8) is 0 Å². The highest BCUT2D eigenvalue weighted by molar-refractivity contribution is 7.17. The van der Waals surface area contributed by atoms with Gasteiger partial charge in [0.15, 0.2) is 5.78 Å². The van der Waals surface area contributed by atoms with E-state index < -0.39 is 11.9 Å². The molecule has 0 bridgehead atoms. The number of carbonyl (C=O) groups excluding carboxylic acids is 2. The van der Waals surface area contributed by atoms with Crippen molar-refractivity contribution in [1.29, 1.82) is 5.41 Å². The number of primary amides is 1. The highest BCUT2D eigenvalue weighted by Gasteiger charge is 2.29. The Morgan fingerprint density at radius 3 is 2.62 bits per heavy atom. The second kappa shape index (κ2) is 8.39. The van der Waals surface area contributed by atoms with Gasteiger partial charge in [-0.3, -0.25) is 19.8 Å². The van der Waals surface area contributed by atoms with Crippen molar-refractivity contribution in [2.45, 2.75) is 19.3 Å². The van der Waals surface area contributed by atoms with E-state index in [1.54, 1.807) is 6.07 Å². The number of thiophene rings is 1. The molecule has 1 atom stereocenters. The fraction of sp³-hybridized carbons (Fsp3) is 0.222. The largest absolute Gasteiger partial charge is 0.481 e. The van der Waals surface area contributed by atoms with Crippen LogP contribution in [0.15, 0.2) is 30.3 Å². The number of benzene rings is 1. The molecular weight excluding hydrogens is 354 g/mol. The number of aryl methyl sites for hydroxylation is 1. The molecule has 1 aromatic carbocycles. The maximum absolute atomic E-state index is 12.4. The minimum absolute atomic E-state index is 0.0471. The highest BCUT2D eigenvalue weighted by atomic mass is 32.1. The topological polar surface area (TPSA) is 147 Å². The number of amides is 1. The van der Waals surface area contributed by atoms with Gasteiger partial charge in [0, 0.05) is 16.4 Å². The maximum atomic E-state index is 12.4. The summed E-state index contributed by atoms with van der Waals surface area (Å²) in [5.74, 6) is -1.38. The number of ketones is 1. The lowest BCUT2D eigenvalue weighted by Crippen LogP contribution is -2.24. The van der Waals surface area contributed by atoms with Gasteiger partial charge in [0.1, 0.15) is 5.84 Å². The van der Waals surface area contributed by atoms with Crippen LogP contribution in [0.1, 0.15) is 33.6 Å². The molecule has 1 amide bonds. The zero-order valence-electron chi connectivity index (χ0n) is 13.9. The first kappa shape index (κ1) is 19.3. The molecule has 6 N–H and O–H groups in total. The van der Waals surface area contributed by atoms with Crippen molar-refractivity contribution < 1.29 is 19.5 Å². The van der Waals surface area contributed by atoms with E-state index in [0.29, 0.717) is 18.4 Å². The summed E-state index contributed by atoms with van der Waals surface area (Å²) in [5, 5.41) is 16.4. The van der Waals surface area contributed by atoms with E-state index in [1.165, 1.54) is 11.3 Å². The van der Waals surface area contributed by atoms with Crippen LogP contribution in [0, 0.1) is 11.3 Å². The normalized spacial score (nSPS) is 15.4. The van der Waals surface area contributed by atoms with Crippen LogP contribution in [0.3, 0.4) is 0 Å². The third-order valence-corrected chi connectivity index (χ3v) is 5.25. The standard InChI is InChI=1S/C17H16N2O3S.CH3NO/c18-17(19)14-6-5-13(23-14)10-3-4-12-9(7-10)1-2-11(16(12)22)8-15(20)21;2-1-3/h3-7,11H,1-2,8H2,(H3,18,19)(H,20,21);1H,(H2,2,3). The van der Waals surface area contributed by atoms with E-state index in [1.807, 2.05) is 24.3 Å². The number of carbonyl (C=O) groups is 3. The third kappa shape index (κ3) is 4.34. The van der Waals surface area contributed by atoms with Crippen LogP contribution < -0.4 is 11.5 Å². The first-order chi connectivity index (χ1) is 12.4. The monoisotopic (exact) mass is 373 g/mol. The molecule has 0 radical (unpaired) electrons. The van der Waals surface area contributed by atoms with Gasteiger partial charge in [-0.15, -0.1) is 11.3 Å². The summed E-state index contributed by atoms with van der Waals surface area (Å²) < 4.78 is 0. The molecule has 7 nitrogen and oxygen atoms in total. The Morgan fingerprint density at radius 1 is 1.35 bits per heavy atom. The number of nitrogens with one attached hydrogen (secondary N) is 1.